The Labute approximate surface area is 92.8 Å². The molecule has 0 aliphatic rings. The zero-order chi connectivity index (χ0) is 10.4. The maximum absolute atomic E-state index is 10.4. The Morgan fingerprint density at radius 2 is 2.21 bits per heavy atom. The molecule has 0 unspecified atom stereocenters. The molecule has 0 radical (unpaired) electrons. The molecular weight excluding hydrogens is 223 g/mol. The van der Waals surface area contributed by atoms with Crippen LogP contribution in [0.25, 0.3) is 0 Å². The number of alkyl halides is 1. The second kappa shape index (κ2) is 5.89. The standard InChI is InChI=1S/C10H10Cl2O2/c11-4-1-5-14-10-3-2-8(7-13)6-9(10)12/h2-3,6-7H,1,4-5H2. The predicted octanol–water partition coefficient (Wildman–Crippen LogP) is 3.16. The summed E-state index contributed by atoms with van der Waals surface area (Å²) in [6, 6.07) is 4.92. The molecule has 0 aliphatic heterocycles. The van der Waals surface area contributed by atoms with Crippen LogP contribution in [0.5, 0.6) is 5.75 Å². The van der Waals surface area contributed by atoms with Crippen LogP contribution in [0.4, 0.5) is 0 Å². The Bertz CT molecular complexity index is 313. The highest BCUT2D eigenvalue weighted by molar-refractivity contribution is 6.32. The number of rotatable bonds is 5. The molecule has 0 saturated heterocycles. The van der Waals surface area contributed by atoms with Gasteiger partial charge in [-0.25, -0.2) is 0 Å². The molecule has 0 amide bonds. The van der Waals surface area contributed by atoms with Gasteiger partial charge < -0.3 is 4.74 Å². The van der Waals surface area contributed by atoms with Crippen molar-refractivity contribution in [1.29, 1.82) is 0 Å². The van der Waals surface area contributed by atoms with E-state index in [4.69, 9.17) is 27.9 Å². The number of aldehydes is 1. The highest BCUT2D eigenvalue weighted by atomic mass is 35.5. The van der Waals surface area contributed by atoms with E-state index in [-0.39, 0.29) is 0 Å². The molecule has 0 heterocycles. The first-order valence-corrected chi connectivity index (χ1v) is 5.12. The highest BCUT2D eigenvalue weighted by Crippen LogP contribution is 2.24. The second-order valence-electron chi connectivity index (χ2n) is 2.70. The van der Waals surface area contributed by atoms with E-state index in [1.807, 2.05) is 0 Å². The maximum Gasteiger partial charge on any atom is 0.150 e. The van der Waals surface area contributed by atoms with Crippen LogP contribution < -0.4 is 4.74 Å². The van der Waals surface area contributed by atoms with Gasteiger partial charge in [0, 0.05) is 11.4 Å². The van der Waals surface area contributed by atoms with E-state index in [2.05, 4.69) is 0 Å². The van der Waals surface area contributed by atoms with Gasteiger partial charge in [-0.2, -0.15) is 0 Å². The normalized spacial score (nSPS) is 9.86. The Hall–Kier alpha value is -0.730. The van der Waals surface area contributed by atoms with Gasteiger partial charge in [-0.15, -0.1) is 11.6 Å². The fourth-order valence-corrected chi connectivity index (χ4v) is 1.30. The van der Waals surface area contributed by atoms with Gasteiger partial charge in [0.2, 0.25) is 0 Å². The van der Waals surface area contributed by atoms with Crippen molar-refractivity contribution < 1.29 is 9.53 Å². The molecular formula is C10H10Cl2O2. The third kappa shape index (κ3) is 3.20. The van der Waals surface area contributed by atoms with Crippen LogP contribution in [0.1, 0.15) is 16.8 Å². The first-order chi connectivity index (χ1) is 6.77. The van der Waals surface area contributed by atoms with Crippen molar-refractivity contribution in [1.82, 2.24) is 0 Å². The van der Waals surface area contributed by atoms with Gasteiger partial charge in [0.25, 0.3) is 0 Å². The Kier molecular flexibility index (Phi) is 4.77. The lowest BCUT2D eigenvalue weighted by atomic mass is 10.2. The van der Waals surface area contributed by atoms with Crippen LogP contribution in [0.15, 0.2) is 18.2 Å². The summed E-state index contributed by atoms with van der Waals surface area (Å²) in [5, 5.41) is 0.448. The van der Waals surface area contributed by atoms with Crippen molar-refractivity contribution in [3.05, 3.63) is 28.8 Å². The van der Waals surface area contributed by atoms with Crippen LogP contribution in [-0.4, -0.2) is 18.8 Å². The monoisotopic (exact) mass is 232 g/mol. The SMILES string of the molecule is O=Cc1ccc(OCCCCl)c(Cl)c1. The van der Waals surface area contributed by atoms with Crippen molar-refractivity contribution in [3.8, 4) is 5.75 Å². The summed E-state index contributed by atoms with van der Waals surface area (Å²) in [7, 11) is 0. The van der Waals surface area contributed by atoms with Crippen LogP contribution in [0.3, 0.4) is 0 Å². The average molecular weight is 233 g/mol. The van der Waals surface area contributed by atoms with E-state index < -0.39 is 0 Å². The number of hydrogen-bond acceptors (Lipinski definition) is 2. The molecule has 0 aliphatic carbocycles. The molecule has 1 aromatic rings. The zero-order valence-electron chi connectivity index (χ0n) is 7.50. The summed E-state index contributed by atoms with van der Waals surface area (Å²) in [6.45, 7) is 0.531. The molecule has 0 atom stereocenters. The van der Waals surface area contributed by atoms with Crippen molar-refractivity contribution in [2.75, 3.05) is 12.5 Å². The molecule has 1 aromatic carbocycles. The molecule has 0 N–H and O–H groups in total. The summed E-state index contributed by atoms with van der Waals surface area (Å²) < 4.78 is 5.34. The minimum atomic E-state index is 0.448. The Balaban J connectivity index is 2.64. The fourth-order valence-electron chi connectivity index (χ4n) is 0.944. The van der Waals surface area contributed by atoms with Gasteiger partial charge in [-0.3, -0.25) is 4.79 Å². The predicted molar refractivity (Wildman–Crippen MR) is 57.7 cm³/mol. The third-order valence-electron chi connectivity index (χ3n) is 1.63. The molecule has 0 spiro atoms. The molecule has 1 rings (SSSR count). The molecule has 0 fully saturated rings. The Morgan fingerprint density at radius 3 is 2.79 bits per heavy atom. The summed E-state index contributed by atoms with van der Waals surface area (Å²) in [6.07, 6.45) is 1.52. The van der Waals surface area contributed by atoms with Gasteiger partial charge >= 0.3 is 0 Å². The van der Waals surface area contributed by atoms with Gasteiger partial charge in [-0.1, -0.05) is 11.6 Å². The van der Waals surface area contributed by atoms with E-state index >= 15 is 0 Å². The number of halogens is 2. The second-order valence-corrected chi connectivity index (χ2v) is 3.48. The van der Waals surface area contributed by atoms with Crippen LogP contribution >= 0.6 is 23.2 Å². The lowest BCUT2D eigenvalue weighted by molar-refractivity contribution is 0.112. The number of carbonyl (C=O) groups excluding carboxylic acids is 1. The smallest absolute Gasteiger partial charge is 0.150 e. The Morgan fingerprint density at radius 1 is 1.43 bits per heavy atom. The van der Waals surface area contributed by atoms with E-state index in [0.717, 1.165) is 12.7 Å². The number of carbonyl (C=O) groups is 1. The first kappa shape index (κ1) is 11.3. The lowest BCUT2D eigenvalue weighted by Crippen LogP contribution is -1.98. The molecule has 14 heavy (non-hydrogen) atoms. The van der Waals surface area contributed by atoms with E-state index in [0.29, 0.717) is 28.8 Å². The van der Waals surface area contributed by atoms with Crippen LogP contribution in [-0.2, 0) is 0 Å². The summed E-state index contributed by atoms with van der Waals surface area (Å²) in [5.41, 5.74) is 0.541. The van der Waals surface area contributed by atoms with Gasteiger partial charge in [-0.05, 0) is 24.6 Å². The molecule has 2 nitrogen and oxygen atoms in total. The molecule has 0 aromatic heterocycles. The van der Waals surface area contributed by atoms with Crippen molar-refractivity contribution >= 4 is 29.5 Å². The topological polar surface area (TPSA) is 26.3 Å². The zero-order valence-corrected chi connectivity index (χ0v) is 9.02. The molecule has 4 heteroatoms. The van der Waals surface area contributed by atoms with E-state index in [9.17, 15) is 4.79 Å². The van der Waals surface area contributed by atoms with Gasteiger partial charge in [0.1, 0.15) is 12.0 Å². The van der Waals surface area contributed by atoms with Crippen molar-refractivity contribution in [3.63, 3.8) is 0 Å². The average Bonchev–Trinajstić information content (AvgIpc) is 2.20. The van der Waals surface area contributed by atoms with Crippen LogP contribution in [0, 0.1) is 0 Å². The fraction of sp³-hybridized carbons (Fsp3) is 0.300. The van der Waals surface area contributed by atoms with Crippen LogP contribution in [0.2, 0.25) is 5.02 Å². The maximum atomic E-state index is 10.4. The summed E-state index contributed by atoms with van der Waals surface area (Å²) in [5.74, 6) is 1.15. The number of hydrogen-bond donors (Lipinski definition) is 0. The first-order valence-electron chi connectivity index (χ1n) is 4.21. The third-order valence-corrected chi connectivity index (χ3v) is 2.19. The number of ether oxygens (including phenoxy) is 1. The summed E-state index contributed by atoms with van der Waals surface area (Å²) >= 11 is 11.4. The number of benzene rings is 1. The minimum absolute atomic E-state index is 0.448. The van der Waals surface area contributed by atoms with E-state index in [1.165, 1.54) is 0 Å². The van der Waals surface area contributed by atoms with Gasteiger partial charge in [0.15, 0.2) is 0 Å². The quantitative estimate of drug-likeness (QED) is 0.443. The van der Waals surface area contributed by atoms with Gasteiger partial charge in [0.05, 0.1) is 11.6 Å². The summed E-state index contributed by atoms with van der Waals surface area (Å²) in [4.78, 5) is 10.4. The minimum Gasteiger partial charge on any atom is -0.492 e. The molecule has 0 saturated carbocycles. The van der Waals surface area contributed by atoms with E-state index in [1.54, 1.807) is 18.2 Å². The van der Waals surface area contributed by atoms with Crippen molar-refractivity contribution in [2.24, 2.45) is 0 Å². The highest BCUT2D eigenvalue weighted by Gasteiger charge is 2.01. The van der Waals surface area contributed by atoms with Crippen molar-refractivity contribution in [2.45, 2.75) is 6.42 Å². The largest absolute Gasteiger partial charge is 0.492 e. The lowest BCUT2D eigenvalue weighted by Gasteiger charge is -2.06. The molecule has 76 valence electrons. The molecule has 0 bridgehead atoms.